The van der Waals surface area contributed by atoms with Gasteiger partial charge in [-0.3, -0.25) is 0 Å². The summed E-state index contributed by atoms with van der Waals surface area (Å²) in [6.07, 6.45) is 0. The highest BCUT2D eigenvalue weighted by Gasteiger charge is 2.13. The van der Waals surface area contributed by atoms with Crippen molar-refractivity contribution in [3.8, 4) is 0 Å². The van der Waals surface area contributed by atoms with Crippen molar-refractivity contribution < 1.29 is 10.3 Å². The maximum absolute atomic E-state index is 9.31. The average Bonchev–Trinajstić information content (AvgIpc) is 2.55. The Balaban J connectivity index is 2.34. The number of aliphatic hydroxyl groups excluding tert-OH is 1. The largest absolute Gasteiger partial charge is 0.409 e. The molecule has 0 radical (unpaired) electrons. The molecule has 2 aromatic rings. The van der Waals surface area contributed by atoms with E-state index in [4.69, 9.17) is 10.9 Å². The second-order valence-electron chi connectivity index (χ2n) is 4.63. The van der Waals surface area contributed by atoms with Gasteiger partial charge in [0.15, 0.2) is 5.84 Å². The Labute approximate surface area is 123 Å². The topological polar surface area (TPSA) is 82.1 Å². The number of oxime groups is 1. The smallest absolute Gasteiger partial charge is 0.172 e. The van der Waals surface area contributed by atoms with E-state index in [0.29, 0.717) is 18.7 Å². The van der Waals surface area contributed by atoms with Gasteiger partial charge < -0.3 is 20.9 Å². The Morgan fingerprint density at radius 1 is 1.05 bits per heavy atom. The van der Waals surface area contributed by atoms with Crippen LogP contribution < -0.4 is 10.6 Å². The van der Waals surface area contributed by atoms with Crippen molar-refractivity contribution in [2.24, 2.45) is 10.9 Å². The van der Waals surface area contributed by atoms with Gasteiger partial charge in [0.2, 0.25) is 0 Å². The van der Waals surface area contributed by atoms with Crippen LogP contribution in [0.15, 0.2) is 59.8 Å². The number of anilines is 1. The first-order chi connectivity index (χ1) is 10.3. The molecule has 0 amide bonds. The SMILES string of the molecule is NC(=NO)c1ccccc1N(CCO)Cc1ccccc1. The molecule has 0 spiro atoms. The van der Waals surface area contributed by atoms with E-state index < -0.39 is 0 Å². The van der Waals surface area contributed by atoms with Crippen LogP contribution in [0.4, 0.5) is 5.69 Å². The molecule has 0 aliphatic rings. The normalized spacial score (nSPS) is 11.4. The molecule has 2 aromatic carbocycles. The van der Waals surface area contributed by atoms with E-state index in [1.54, 1.807) is 6.07 Å². The summed E-state index contributed by atoms with van der Waals surface area (Å²) in [6.45, 7) is 1.12. The Hall–Kier alpha value is -2.53. The fourth-order valence-corrected chi connectivity index (χ4v) is 2.23. The molecule has 2 rings (SSSR count). The molecular weight excluding hydrogens is 266 g/mol. The third kappa shape index (κ3) is 3.73. The third-order valence-electron chi connectivity index (χ3n) is 3.21. The summed E-state index contributed by atoms with van der Waals surface area (Å²) in [5, 5.41) is 21.3. The van der Waals surface area contributed by atoms with Gasteiger partial charge in [0, 0.05) is 24.3 Å². The first-order valence-corrected chi connectivity index (χ1v) is 6.73. The molecule has 0 aliphatic heterocycles. The molecular formula is C16H19N3O2. The summed E-state index contributed by atoms with van der Waals surface area (Å²) in [5.74, 6) is 0.0570. The van der Waals surface area contributed by atoms with Crippen molar-refractivity contribution in [1.82, 2.24) is 0 Å². The van der Waals surface area contributed by atoms with Gasteiger partial charge in [0.05, 0.1) is 6.61 Å². The fourth-order valence-electron chi connectivity index (χ4n) is 2.23. The summed E-state index contributed by atoms with van der Waals surface area (Å²) < 4.78 is 0. The van der Waals surface area contributed by atoms with Gasteiger partial charge in [0.25, 0.3) is 0 Å². The molecule has 0 saturated carbocycles. The van der Waals surface area contributed by atoms with Gasteiger partial charge in [-0.1, -0.05) is 47.6 Å². The first kappa shape index (κ1) is 14.9. The molecule has 0 unspecified atom stereocenters. The highest BCUT2D eigenvalue weighted by Crippen LogP contribution is 2.22. The molecule has 0 saturated heterocycles. The molecule has 0 fully saturated rings. The number of rotatable bonds is 6. The standard InChI is InChI=1S/C16H19N3O2/c17-16(18-21)14-8-4-5-9-15(14)19(10-11-20)12-13-6-2-1-3-7-13/h1-9,20-21H,10-12H2,(H2,17,18). The quantitative estimate of drug-likeness (QED) is 0.327. The molecule has 5 heteroatoms. The van der Waals surface area contributed by atoms with Gasteiger partial charge in [0.1, 0.15) is 0 Å². The minimum atomic E-state index is 0.0251. The minimum absolute atomic E-state index is 0.0251. The Morgan fingerprint density at radius 2 is 1.71 bits per heavy atom. The maximum Gasteiger partial charge on any atom is 0.172 e. The minimum Gasteiger partial charge on any atom is -0.409 e. The van der Waals surface area contributed by atoms with Crippen LogP contribution in [-0.4, -0.2) is 29.3 Å². The van der Waals surface area contributed by atoms with Crippen LogP contribution >= 0.6 is 0 Å². The molecule has 0 heterocycles. The van der Waals surface area contributed by atoms with Crippen LogP contribution in [-0.2, 0) is 6.54 Å². The molecule has 21 heavy (non-hydrogen) atoms. The van der Waals surface area contributed by atoms with Crippen molar-refractivity contribution in [1.29, 1.82) is 0 Å². The van der Waals surface area contributed by atoms with Gasteiger partial charge in [-0.25, -0.2) is 0 Å². The molecule has 0 aromatic heterocycles. The number of nitrogens with two attached hydrogens (primary N) is 1. The van der Waals surface area contributed by atoms with E-state index in [2.05, 4.69) is 5.16 Å². The molecule has 5 nitrogen and oxygen atoms in total. The first-order valence-electron chi connectivity index (χ1n) is 6.73. The zero-order chi connectivity index (χ0) is 15.1. The molecule has 0 bridgehead atoms. The second-order valence-corrected chi connectivity index (χ2v) is 4.63. The Kier molecular flexibility index (Phi) is 5.17. The third-order valence-corrected chi connectivity index (χ3v) is 3.21. The van der Waals surface area contributed by atoms with Gasteiger partial charge in [-0.15, -0.1) is 0 Å². The summed E-state index contributed by atoms with van der Waals surface area (Å²) in [6, 6.07) is 17.4. The highest BCUT2D eigenvalue weighted by atomic mass is 16.4. The molecule has 0 atom stereocenters. The van der Waals surface area contributed by atoms with Crippen LogP contribution in [0.5, 0.6) is 0 Å². The van der Waals surface area contributed by atoms with Crippen molar-refractivity contribution in [3.05, 3.63) is 65.7 Å². The number of para-hydroxylation sites is 1. The summed E-state index contributed by atoms with van der Waals surface area (Å²) >= 11 is 0. The predicted octanol–water partition coefficient (Wildman–Crippen LogP) is 1.78. The Morgan fingerprint density at radius 3 is 2.38 bits per heavy atom. The number of nitrogens with zero attached hydrogens (tertiary/aromatic N) is 2. The van der Waals surface area contributed by atoms with Gasteiger partial charge in [-0.05, 0) is 17.7 Å². The number of benzene rings is 2. The van der Waals surface area contributed by atoms with E-state index in [0.717, 1.165) is 11.3 Å². The van der Waals surface area contributed by atoms with Crippen LogP contribution in [0.3, 0.4) is 0 Å². The fraction of sp³-hybridized carbons (Fsp3) is 0.188. The van der Waals surface area contributed by atoms with E-state index >= 15 is 0 Å². The summed E-state index contributed by atoms with van der Waals surface area (Å²) in [7, 11) is 0. The van der Waals surface area contributed by atoms with Crippen LogP contribution in [0.25, 0.3) is 0 Å². The Bertz CT molecular complexity index is 599. The summed E-state index contributed by atoms with van der Waals surface area (Å²) in [5.41, 5.74) is 8.33. The van der Waals surface area contributed by atoms with Crippen molar-refractivity contribution >= 4 is 11.5 Å². The zero-order valence-corrected chi connectivity index (χ0v) is 11.7. The predicted molar refractivity (Wildman–Crippen MR) is 83.5 cm³/mol. The van der Waals surface area contributed by atoms with Gasteiger partial charge in [-0.2, -0.15) is 0 Å². The lowest BCUT2D eigenvalue weighted by atomic mass is 10.1. The van der Waals surface area contributed by atoms with Crippen LogP contribution in [0.1, 0.15) is 11.1 Å². The average molecular weight is 285 g/mol. The summed E-state index contributed by atoms with van der Waals surface area (Å²) in [4.78, 5) is 2.00. The highest BCUT2D eigenvalue weighted by molar-refractivity contribution is 6.02. The lowest BCUT2D eigenvalue weighted by Crippen LogP contribution is -2.29. The van der Waals surface area contributed by atoms with Crippen LogP contribution in [0, 0.1) is 0 Å². The number of amidine groups is 1. The molecule has 4 N–H and O–H groups in total. The second kappa shape index (κ2) is 7.31. The molecule has 0 aliphatic carbocycles. The number of hydrogen-bond donors (Lipinski definition) is 3. The van der Waals surface area contributed by atoms with Crippen molar-refractivity contribution in [3.63, 3.8) is 0 Å². The van der Waals surface area contributed by atoms with E-state index in [1.165, 1.54) is 0 Å². The number of hydrogen-bond acceptors (Lipinski definition) is 4. The maximum atomic E-state index is 9.31. The monoisotopic (exact) mass is 285 g/mol. The lowest BCUT2D eigenvalue weighted by molar-refractivity contribution is 0.301. The number of aliphatic hydroxyl groups is 1. The van der Waals surface area contributed by atoms with Crippen molar-refractivity contribution in [2.45, 2.75) is 6.54 Å². The van der Waals surface area contributed by atoms with Crippen LogP contribution in [0.2, 0.25) is 0 Å². The van der Waals surface area contributed by atoms with Crippen molar-refractivity contribution in [2.75, 3.05) is 18.1 Å². The molecule has 110 valence electrons. The zero-order valence-electron chi connectivity index (χ0n) is 11.7. The van der Waals surface area contributed by atoms with E-state index in [9.17, 15) is 5.11 Å². The van der Waals surface area contributed by atoms with E-state index in [1.807, 2.05) is 53.4 Å². The lowest BCUT2D eigenvalue weighted by Gasteiger charge is -2.26. The van der Waals surface area contributed by atoms with E-state index in [-0.39, 0.29) is 12.4 Å². The van der Waals surface area contributed by atoms with Gasteiger partial charge >= 0.3 is 0 Å².